The smallest absolute Gasteiger partial charge is 0.163 e. The number of fused-ring (bicyclic) bond motifs is 1. The van der Waals surface area contributed by atoms with E-state index >= 15 is 0 Å². The molecule has 0 amide bonds. The maximum absolute atomic E-state index is 5.42. The van der Waals surface area contributed by atoms with E-state index in [9.17, 15) is 0 Å². The summed E-state index contributed by atoms with van der Waals surface area (Å²) in [4.78, 5) is 10.2. The summed E-state index contributed by atoms with van der Waals surface area (Å²) in [5, 5.41) is 7.24. The number of nitrogens with one attached hydrogen (secondary N) is 2. The standard InChI is InChI=1S/C16H19N5O3/c1-22-13-7-10-11(8-14(13)23-2)19-16(18-10)15-12(9-17-20-15)21-3-5-24-6-4-21/h7-9H,3-6H2,1-2H3,(H,17,20)(H,18,19). The maximum atomic E-state index is 5.42. The van der Waals surface area contributed by atoms with Crippen LogP contribution in [0.3, 0.4) is 0 Å². The SMILES string of the molecule is COc1cc2nc(-c3[nH]ncc3N3CCOCC3)[nH]c2cc1OC. The van der Waals surface area contributed by atoms with Crippen LogP contribution in [0.1, 0.15) is 0 Å². The number of methoxy groups -OCH3 is 2. The number of nitrogens with zero attached hydrogens (tertiary/aromatic N) is 3. The number of hydrogen-bond acceptors (Lipinski definition) is 6. The number of aromatic nitrogens is 4. The van der Waals surface area contributed by atoms with Gasteiger partial charge in [0.25, 0.3) is 0 Å². The Labute approximate surface area is 138 Å². The van der Waals surface area contributed by atoms with Gasteiger partial charge in [-0.2, -0.15) is 5.10 Å². The first-order chi connectivity index (χ1) is 11.8. The molecule has 8 nitrogen and oxygen atoms in total. The normalized spacial score (nSPS) is 15.0. The fourth-order valence-corrected chi connectivity index (χ4v) is 2.95. The number of hydrogen-bond donors (Lipinski definition) is 2. The zero-order valence-corrected chi connectivity index (χ0v) is 13.6. The fourth-order valence-electron chi connectivity index (χ4n) is 2.95. The lowest BCUT2D eigenvalue weighted by atomic mass is 10.3. The summed E-state index contributed by atoms with van der Waals surface area (Å²) in [5.74, 6) is 2.05. The molecule has 1 aromatic carbocycles. The molecule has 0 radical (unpaired) electrons. The molecule has 0 bridgehead atoms. The van der Waals surface area contributed by atoms with Crippen molar-refractivity contribution in [2.24, 2.45) is 0 Å². The Hall–Kier alpha value is -2.74. The number of anilines is 1. The van der Waals surface area contributed by atoms with Crippen molar-refractivity contribution < 1.29 is 14.2 Å². The van der Waals surface area contributed by atoms with Gasteiger partial charge in [0.1, 0.15) is 5.69 Å². The van der Waals surface area contributed by atoms with Gasteiger partial charge in [-0.25, -0.2) is 4.98 Å². The van der Waals surface area contributed by atoms with Crippen molar-refractivity contribution in [3.63, 3.8) is 0 Å². The lowest BCUT2D eigenvalue weighted by Gasteiger charge is -2.28. The van der Waals surface area contributed by atoms with Gasteiger partial charge in [0.05, 0.1) is 50.4 Å². The van der Waals surface area contributed by atoms with Crippen LogP contribution in [0.25, 0.3) is 22.6 Å². The topological polar surface area (TPSA) is 88.3 Å². The van der Waals surface area contributed by atoms with E-state index in [2.05, 4.69) is 25.1 Å². The summed E-state index contributed by atoms with van der Waals surface area (Å²) in [7, 11) is 3.23. The molecular formula is C16H19N5O3. The Kier molecular flexibility index (Phi) is 3.73. The number of rotatable bonds is 4. The minimum atomic E-state index is 0.654. The molecule has 0 aliphatic carbocycles. The third-order valence-electron chi connectivity index (χ3n) is 4.20. The second-order valence-electron chi connectivity index (χ2n) is 5.54. The summed E-state index contributed by atoms with van der Waals surface area (Å²) in [6.45, 7) is 3.13. The Morgan fingerprint density at radius 3 is 2.62 bits per heavy atom. The van der Waals surface area contributed by atoms with E-state index in [1.54, 1.807) is 14.2 Å². The molecular weight excluding hydrogens is 310 g/mol. The average molecular weight is 329 g/mol. The van der Waals surface area contributed by atoms with Crippen LogP contribution in [-0.4, -0.2) is 60.7 Å². The van der Waals surface area contributed by atoms with Gasteiger partial charge in [-0.15, -0.1) is 0 Å². The van der Waals surface area contributed by atoms with Crippen molar-refractivity contribution in [2.75, 3.05) is 45.4 Å². The van der Waals surface area contributed by atoms with Gasteiger partial charge in [0, 0.05) is 25.2 Å². The molecule has 1 fully saturated rings. The first-order valence-electron chi connectivity index (χ1n) is 7.78. The minimum Gasteiger partial charge on any atom is -0.493 e. The van der Waals surface area contributed by atoms with Gasteiger partial charge in [-0.3, -0.25) is 5.10 Å². The Morgan fingerprint density at radius 1 is 1.12 bits per heavy atom. The summed E-state index contributed by atoms with van der Waals surface area (Å²) < 4.78 is 16.1. The second-order valence-corrected chi connectivity index (χ2v) is 5.54. The molecule has 1 aliphatic heterocycles. The van der Waals surface area contributed by atoms with Crippen molar-refractivity contribution in [1.29, 1.82) is 0 Å². The monoisotopic (exact) mass is 329 g/mol. The number of H-pyrrole nitrogens is 2. The molecule has 1 saturated heterocycles. The highest BCUT2D eigenvalue weighted by Gasteiger charge is 2.20. The molecule has 2 N–H and O–H groups in total. The van der Waals surface area contributed by atoms with Crippen LogP contribution in [0.2, 0.25) is 0 Å². The third-order valence-corrected chi connectivity index (χ3v) is 4.20. The Balaban J connectivity index is 1.76. The van der Waals surface area contributed by atoms with Gasteiger partial charge in [0.2, 0.25) is 0 Å². The van der Waals surface area contributed by atoms with Crippen LogP contribution in [0, 0.1) is 0 Å². The van der Waals surface area contributed by atoms with E-state index in [1.807, 2.05) is 18.3 Å². The zero-order valence-electron chi connectivity index (χ0n) is 13.6. The highest BCUT2D eigenvalue weighted by atomic mass is 16.5. The largest absolute Gasteiger partial charge is 0.493 e. The van der Waals surface area contributed by atoms with E-state index in [4.69, 9.17) is 14.2 Å². The first-order valence-corrected chi connectivity index (χ1v) is 7.78. The van der Waals surface area contributed by atoms with Crippen LogP contribution in [0.5, 0.6) is 11.5 Å². The van der Waals surface area contributed by atoms with Gasteiger partial charge < -0.3 is 24.1 Å². The first kappa shape index (κ1) is 14.8. The van der Waals surface area contributed by atoms with Crippen LogP contribution in [0.15, 0.2) is 18.3 Å². The molecule has 0 spiro atoms. The number of imidazole rings is 1. The van der Waals surface area contributed by atoms with Crippen LogP contribution >= 0.6 is 0 Å². The van der Waals surface area contributed by atoms with E-state index in [0.717, 1.165) is 54.5 Å². The zero-order chi connectivity index (χ0) is 16.5. The van der Waals surface area contributed by atoms with Crippen LogP contribution in [-0.2, 0) is 4.74 Å². The molecule has 0 saturated carbocycles. The van der Waals surface area contributed by atoms with E-state index < -0.39 is 0 Å². The van der Waals surface area contributed by atoms with E-state index in [-0.39, 0.29) is 0 Å². The van der Waals surface area contributed by atoms with Crippen molar-refractivity contribution in [3.8, 4) is 23.0 Å². The lowest BCUT2D eigenvalue weighted by Crippen LogP contribution is -2.36. The number of morpholine rings is 1. The molecule has 0 atom stereocenters. The van der Waals surface area contributed by atoms with Crippen LogP contribution < -0.4 is 14.4 Å². The van der Waals surface area contributed by atoms with Gasteiger partial charge in [-0.05, 0) is 0 Å². The molecule has 4 rings (SSSR count). The summed E-state index contributed by atoms with van der Waals surface area (Å²) >= 11 is 0. The lowest BCUT2D eigenvalue weighted by molar-refractivity contribution is 0.123. The Bertz CT molecular complexity index is 810. The average Bonchev–Trinajstić information content (AvgIpc) is 3.27. The quantitative estimate of drug-likeness (QED) is 0.759. The van der Waals surface area contributed by atoms with E-state index in [0.29, 0.717) is 11.5 Å². The number of ether oxygens (including phenoxy) is 3. The van der Waals surface area contributed by atoms with Gasteiger partial charge in [-0.1, -0.05) is 0 Å². The minimum absolute atomic E-state index is 0.654. The Morgan fingerprint density at radius 2 is 1.88 bits per heavy atom. The highest BCUT2D eigenvalue weighted by molar-refractivity contribution is 5.84. The molecule has 3 aromatic rings. The molecule has 24 heavy (non-hydrogen) atoms. The van der Waals surface area contributed by atoms with Gasteiger partial charge >= 0.3 is 0 Å². The van der Waals surface area contributed by atoms with Crippen molar-refractivity contribution in [1.82, 2.24) is 20.2 Å². The molecule has 126 valence electrons. The predicted octanol–water partition coefficient (Wildman–Crippen LogP) is 1.81. The van der Waals surface area contributed by atoms with Gasteiger partial charge in [0.15, 0.2) is 17.3 Å². The highest BCUT2D eigenvalue weighted by Crippen LogP contribution is 2.34. The number of benzene rings is 1. The molecule has 8 heteroatoms. The molecule has 2 aromatic heterocycles. The molecule has 1 aliphatic rings. The second kappa shape index (κ2) is 6.04. The van der Waals surface area contributed by atoms with Crippen molar-refractivity contribution >= 4 is 16.7 Å². The van der Waals surface area contributed by atoms with Crippen LogP contribution in [0.4, 0.5) is 5.69 Å². The predicted molar refractivity (Wildman–Crippen MR) is 89.8 cm³/mol. The number of aromatic amines is 2. The maximum Gasteiger partial charge on any atom is 0.163 e. The molecule has 0 unspecified atom stereocenters. The van der Waals surface area contributed by atoms with Crippen molar-refractivity contribution in [3.05, 3.63) is 18.3 Å². The molecule has 3 heterocycles. The fraction of sp³-hybridized carbons (Fsp3) is 0.375. The van der Waals surface area contributed by atoms with Crippen molar-refractivity contribution in [2.45, 2.75) is 0 Å². The third kappa shape index (κ3) is 2.44. The summed E-state index contributed by atoms with van der Waals surface area (Å²) in [5.41, 5.74) is 3.58. The summed E-state index contributed by atoms with van der Waals surface area (Å²) in [6.07, 6.45) is 1.83. The van der Waals surface area contributed by atoms with E-state index in [1.165, 1.54) is 0 Å². The summed E-state index contributed by atoms with van der Waals surface area (Å²) in [6, 6.07) is 3.74.